The molecule has 0 atom stereocenters. The number of aliphatic imine (C=N–C) groups is 1. The highest BCUT2D eigenvalue weighted by molar-refractivity contribution is 7.11. The number of aryl methyl sites for hydroxylation is 4. The number of nitrogens with two attached hydrogens (primary N) is 1. The van der Waals surface area contributed by atoms with E-state index in [1.165, 1.54) is 16.0 Å². The van der Waals surface area contributed by atoms with Crippen molar-refractivity contribution >= 4 is 23.0 Å². The van der Waals surface area contributed by atoms with Gasteiger partial charge in [-0.05, 0) is 51.0 Å². The van der Waals surface area contributed by atoms with E-state index in [0.29, 0.717) is 12.5 Å². The molecule has 0 bridgehead atoms. The van der Waals surface area contributed by atoms with Crippen LogP contribution in [0.15, 0.2) is 23.2 Å². The van der Waals surface area contributed by atoms with Gasteiger partial charge in [0.1, 0.15) is 0 Å². The van der Waals surface area contributed by atoms with Gasteiger partial charge < -0.3 is 11.1 Å². The Morgan fingerprint density at radius 1 is 1.19 bits per heavy atom. The van der Waals surface area contributed by atoms with Crippen molar-refractivity contribution in [3.8, 4) is 0 Å². The van der Waals surface area contributed by atoms with Crippen LogP contribution in [0.3, 0.4) is 0 Å². The number of benzene rings is 1. The van der Waals surface area contributed by atoms with Gasteiger partial charge in [0.25, 0.3) is 0 Å². The van der Waals surface area contributed by atoms with Gasteiger partial charge in [-0.1, -0.05) is 6.07 Å². The van der Waals surface area contributed by atoms with Crippen molar-refractivity contribution in [2.24, 2.45) is 10.7 Å². The summed E-state index contributed by atoms with van der Waals surface area (Å²) >= 11 is 1.73. The van der Waals surface area contributed by atoms with Gasteiger partial charge in [0, 0.05) is 23.5 Å². The third-order valence-corrected chi connectivity index (χ3v) is 4.25. The van der Waals surface area contributed by atoms with Crippen LogP contribution in [0.5, 0.6) is 0 Å². The maximum atomic E-state index is 5.94. The van der Waals surface area contributed by atoms with Gasteiger partial charge in [-0.15, -0.1) is 11.3 Å². The summed E-state index contributed by atoms with van der Waals surface area (Å²) < 4.78 is 0. The minimum Gasteiger partial charge on any atom is -0.370 e. The third kappa shape index (κ3) is 4.56. The number of rotatable bonds is 4. The number of aromatic nitrogens is 1. The predicted octanol–water partition coefficient (Wildman–Crippen LogP) is 3.35. The van der Waals surface area contributed by atoms with Gasteiger partial charge in [-0.3, -0.25) is 4.99 Å². The van der Waals surface area contributed by atoms with Crippen LogP contribution in [0.4, 0.5) is 5.69 Å². The fourth-order valence-corrected chi connectivity index (χ4v) is 3.24. The molecule has 0 saturated heterocycles. The largest absolute Gasteiger partial charge is 0.370 e. The summed E-state index contributed by atoms with van der Waals surface area (Å²) in [6.07, 6.45) is 0.882. The van der Waals surface area contributed by atoms with E-state index in [0.717, 1.165) is 22.8 Å². The second kappa shape index (κ2) is 6.72. The zero-order valence-electron chi connectivity index (χ0n) is 13.0. The van der Waals surface area contributed by atoms with Crippen molar-refractivity contribution in [1.82, 2.24) is 4.98 Å². The number of nitrogens with zero attached hydrogens (tertiary/aromatic N) is 2. The van der Waals surface area contributed by atoms with Crippen molar-refractivity contribution in [2.75, 3.05) is 11.9 Å². The van der Waals surface area contributed by atoms with Gasteiger partial charge in [0.15, 0.2) is 5.96 Å². The number of guanidine groups is 1. The van der Waals surface area contributed by atoms with Gasteiger partial charge in [0.2, 0.25) is 0 Å². The van der Waals surface area contributed by atoms with Crippen LogP contribution >= 0.6 is 11.3 Å². The topological polar surface area (TPSA) is 63.3 Å². The molecule has 21 heavy (non-hydrogen) atoms. The molecule has 0 aliphatic heterocycles. The van der Waals surface area contributed by atoms with E-state index in [1.54, 1.807) is 11.3 Å². The minimum absolute atomic E-state index is 0.457. The van der Waals surface area contributed by atoms with E-state index in [1.807, 2.05) is 13.8 Å². The lowest BCUT2D eigenvalue weighted by atomic mass is 10.1. The highest BCUT2D eigenvalue weighted by Gasteiger charge is 2.04. The SMILES string of the molecule is Cc1cc(C)cc(NC(N)=NCCc2sc(C)nc2C)c1. The Morgan fingerprint density at radius 3 is 2.43 bits per heavy atom. The molecule has 2 aromatic rings. The van der Waals surface area contributed by atoms with Crippen molar-refractivity contribution in [2.45, 2.75) is 34.1 Å². The normalized spacial score (nSPS) is 11.7. The number of anilines is 1. The molecule has 0 amide bonds. The lowest BCUT2D eigenvalue weighted by Crippen LogP contribution is -2.23. The molecule has 0 aliphatic rings. The number of hydrogen-bond donors (Lipinski definition) is 2. The summed E-state index contributed by atoms with van der Waals surface area (Å²) in [5, 5.41) is 4.25. The molecule has 2 rings (SSSR count). The standard InChI is InChI=1S/C16H22N4S/c1-10-7-11(2)9-14(8-10)20-16(17)18-6-5-15-12(3)19-13(4)21-15/h7-9H,5-6H2,1-4H3,(H3,17,18,20). The molecule has 0 saturated carbocycles. The molecule has 0 aliphatic carbocycles. The summed E-state index contributed by atoms with van der Waals surface area (Å²) in [5.41, 5.74) is 10.4. The summed E-state index contributed by atoms with van der Waals surface area (Å²) in [7, 11) is 0. The van der Waals surface area contributed by atoms with Crippen LogP contribution in [-0.4, -0.2) is 17.5 Å². The van der Waals surface area contributed by atoms with Crippen LogP contribution < -0.4 is 11.1 Å². The highest BCUT2D eigenvalue weighted by Crippen LogP contribution is 2.17. The number of hydrogen-bond acceptors (Lipinski definition) is 3. The molecule has 0 spiro atoms. The maximum Gasteiger partial charge on any atom is 0.193 e. The van der Waals surface area contributed by atoms with Crippen molar-refractivity contribution < 1.29 is 0 Å². The molecule has 1 aromatic carbocycles. The Bertz CT molecular complexity index is 638. The molecule has 4 nitrogen and oxygen atoms in total. The number of nitrogens with one attached hydrogen (secondary N) is 1. The van der Waals surface area contributed by atoms with Crippen LogP contribution in [0.25, 0.3) is 0 Å². The van der Waals surface area contributed by atoms with E-state index < -0.39 is 0 Å². The van der Waals surface area contributed by atoms with Crippen molar-refractivity contribution in [3.63, 3.8) is 0 Å². The van der Waals surface area contributed by atoms with Crippen molar-refractivity contribution in [3.05, 3.63) is 44.9 Å². The van der Waals surface area contributed by atoms with Gasteiger partial charge >= 0.3 is 0 Å². The van der Waals surface area contributed by atoms with Gasteiger partial charge in [-0.25, -0.2) is 4.98 Å². The summed E-state index contributed by atoms with van der Waals surface area (Å²) in [5.74, 6) is 0.457. The Hall–Kier alpha value is -1.88. The first kappa shape index (κ1) is 15.5. The van der Waals surface area contributed by atoms with E-state index >= 15 is 0 Å². The maximum absolute atomic E-state index is 5.94. The Labute approximate surface area is 130 Å². The molecule has 112 valence electrons. The Morgan fingerprint density at radius 2 is 1.86 bits per heavy atom. The fourth-order valence-electron chi connectivity index (χ4n) is 2.32. The van der Waals surface area contributed by atoms with E-state index in [2.05, 4.69) is 47.3 Å². The summed E-state index contributed by atoms with van der Waals surface area (Å²) in [6, 6.07) is 6.26. The molecule has 0 unspecified atom stereocenters. The van der Waals surface area contributed by atoms with E-state index in [4.69, 9.17) is 5.73 Å². The lowest BCUT2D eigenvalue weighted by Gasteiger charge is -2.08. The molecule has 0 fully saturated rings. The van der Waals surface area contributed by atoms with Gasteiger partial charge in [-0.2, -0.15) is 0 Å². The molecule has 1 heterocycles. The smallest absolute Gasteiger partial charge is 0.193 e. The lowest BCUT2D eigenvalue weighted by molar-refractivity contribution is 0.965. The first-order valence-corrected chi connectivity index (χ1v) is 7.84. The second-order valence-corrected chi connectivity index (χ2v) is 6.55. The van der Waals surface area contributed by atoms with E-state index in [-0.39, 0.29) is 0 Å². The first-order valence-electron chi connectivity index (χ1n) is 7.02. The zero-order valence-corrected chi connectivity index (χ0v) is 13.8. The molecule has 5 heteroatoms. The Kier molecular flexibility index (Phi) is 4.96. The first-order chi connectivity index (χ1) is 9.94. The minimum atomic E-state index is 0.457. The average molecular weight is 302 g/mol. The molecular formula is C16H22N4S. The molecule has 0 radical (unpaired) electrons. The van der Waals surface area contributed by atoms with Crippen LogP contribution in [0, 0.1) is 27.7 Å². The summed E-state index contributed by atoms with van der Waals surface area (Å²) in [4.78, 5) is 10.1. The molecule has 1 aromatic heterocycles. The molecular weight excluding hydrogens is 280 g/mol. The van der Waals surface area contributed by atoms with Crippen molar-refractivity contribution in [1.29, 1.82) is 0 Å². The number of thiazole rings is 1. The Balaban J connectivity index is 1.93. The quantitative estimate of drug-likeness (QED) is 0.672. The third-order valence-electron chi connectivity index (χ3n) is 3.11. The van der Waals surface area contributed by atoms with Gasteiger partial charge in [0.05, 0.1) is 10.7 Å². The highest BCUT2D eigenvalue weighted by atomic mass is 32.1. The van der Waals surface area contributed by atoms with Crippen LogP contribution in [0.2, 0.25) is 0 Å². The molecule has 3 N–H and O–H groups in total. The van der Waals surface area contributed by atoms with Crippen LogP contribution in [0.1, 0.15) is 26.7 Å². The average Bonchev–Trinajstić information content (AvgIpc) is 2.66. The zero-order chi connectivity index (χ0) is 15.4. The van der Waals surface area contributed by atoms with Crippen LogP contribution in [-0.2, 0) is 6.42 Å². The second-order valence-electron chi connectivity index (χ2n) is 5.26. The summed E-state index contributed by atoms with van der Waals surface area (Å²) in [6.45, 7) is 8.88. The predicted molar refractivity (Wildman–Crippen MR) is 91.3 cm³/mol. The van der Waals surface area contributed by atoms with E-state index in [9.17, 15) is 0 Å². The monoisotopic (exact) mass is 302 g/mol. The fraction of sp³-hybridized carbons (Fsp3) is 0.375.